The van der Waals surface area contributed by atoms with Crippen LogP contribution in [0.2, 0.25) is 5.02 Å². The van der Waals surface area contributed by atoms with E-state index in [-0.39, 0.29) is 0 Å². The number of fused-ring (bicyclic) bond motifs is 2. The minimum Gasteiger partial charge on any atom is -0.444 e. The number of nitrogens with zero attached hydrogens (tertiary/aromatic N) is 2. The van der Waals surface area contributed by atoms with Gasteiger partial charge in [-0.25, -0.2) is 4.98 Å². The molecule has 23 heavy (non-hydrogen) atoms. The number of halogens is 1. The highest BCUT2D eigenvalue weighted by Gasteiger charge is 2.35. The summed E-state index contributed by atoms with van der Waals surface area (Å²) in [6.45, 7) is 0.828. The first-order valence-electron chi connectivity index (χ1n) is 8.34. The van der Waals surface area contributed by atoms with Crippen molar-refractivity contribution in [3.05, 3.63) is 41.2 Å². The first-order chi connectivity index (χ1) is 11.2. The summed E-state index contributed by atoms with van der Waals surface area (Å²) in [6.07, 6.45) is 6.91. The Balaban J connectivity index is 1.43. The number of oxazole rings is 1. The normalized spacial score (nSPS) is 26.8. The van der Waals surface area contributed by atoms with Crippen molar-refractivity contribution < 1.29 is 4.42 Å². The number of piperidine rings is 1. The topological polar surface area (TPSA) is 41.3 Å². The molecule has 2 aliphatic heterocycles. The van der Waals surface area contributed by atoms with E-state index in [0.29, 0.717) is 29.0 Å². The van der Waals surface area contributed by atoms with E-state index in [1.807, 2.05) is 24.3 Å². The van der Waals surface area contributed by atoms with E-state index in [4.69, 9.17) is 16.0 Å². The highest BCUT2D eigenvalue weighted by molar-refractivity contribution is 6.30. The largest absolute Gasteiger partial charge is 0.444 e. The summed E-state index contributed by atoms with van der Waals surface area (Å²) in [5, 5.41) is 4.40. The predicted molar refractivity (Wildman–Crippen MR) is 91.4 cm³/mol. The first-order valence-corrected chi connectivity index (χ1v) is 8.72. The van der Waals surface area contributed by atoms with E-state index < -0.39 is 0 Å². The van der Waals surface area contributed by atoms with Crippen molar-refractivity contribution >= 4 is 11.6 Å². The van der Waals surface area contributed by atoms with Crippen molar-refractivity contribution in [1.82, 2.24) is 15.2 Å². The number of hydrogen-bond donors (Lipinski definition) is 1. The van der Waals surface area contributed by atoms with Crippen LogP contribution in [-0.4, -0.2) is 35.1 Å². The third kappa shape index (κ3) is 3.30. The van der Waals surface area contributed by atoms with Gasteiger partial charge in [0.05, 0.1) is 5.69 Å². The van der Waals surface area contributed by atoms with Gasteiger partial charge in [0.2, 0.25) is 5.89 Å². The maximum atomic E-state index is 6.04. The van der Waals surface area contributed by atoms with Crippen LogP contribution >= 0.6 is 11.6 Å². The monoisotopic (exact) mass is 331 g/mol. The molecule has 4 nitrogen and oxygen atoms in total. The fourth-order valence-electron chi connectivity index (χ4n) is 3.91. The molecule has 2 unspecified atom stereocenters. The number of hydrogen-bond acceptors (Lipinski definition) is 4. The van der Waals surface area contributed by atoms with Gasteiger partial charge < -0.3 is 9.73 Å². The van der Waals surface area contributed by atoms with Crippen LogP contribution in [0.3, 0.4) is 0 Å². The van der Waals surface area contributed by atoms with Gasteiger partial charge >= 0.3 is 0 Å². The molecule has 1 aromatic carbocycles. The molecule has 0 aliphatic carbocycles. The Morgan fingerprint density at radius 3 is 2.83 bits per heavy atom. The minimum atomic E-state index is 0.639. The van der Waals surface area contributed by atoms with Crippen molar-refractivity contribution in [2.75, 3.05) is 7.05 Å². The van der Waals surface area contributed by atoms with Crippen LogP contribution < -0.4 is 5.32 Å². The summed E-state index contributed by atoms with van der Waals surface area (Å²) in [5.74, 6) is 0.640. The van der Waals surface area contributed by atoms with Gasteiger partial charge in [-0.15, -0.1) is 0 Å². The summed E-state index contributed by atoms with van der Waals surface area (Å²) in [6, 6.07) is 9.68. The lowest BCUT2D eigenvalue weighted by molar-refractivity contribution is 0.164. The van der Waals surface area contributed by atoms with Gasteiger partial charge in [-0.3, -0.25) is 4.90 Å². The van der Waals surface area contributed by atoms with E-state index in [9.17, 15) is 0 Å². The summed E-state index contributed by atoms with van der Waals surface area (Å²) < 4.78 is 5.64. The Morgan fingerprint density at radius 1 is 1.30 bits per heavy atom. The zero-order valence-electron chi connectivity index (χ0n) is 13.3. The molecule has 0 amide bonds. The number of rotatable bonds is 4. The number of nitrogens with one attached hydrogen (secondary N) is 1. The third-order valence-electron chi connectivity index (χ3n) is 5.11. The summed E-state index contributed by atoms with van der Waals surface area (Å²) in [5.41, 5.74) is 1.90. The van der Waals surface area contributed by atoms with Crippen LogP contribution in [-0.2, 0) is 6.54 Å². The standard InChI is InChI=1S/C18H22ClN3O/c1-22(17-8-14-5-6-15(9-17)20-14)10-16-11-23-18(21-16)12-3-2-4-13(19)7-12/h2-4,7,11,14-15,17,20H,5-6,8-10H2,1H3. The summed E-state index contributed by atoms with van der Waals surface area (Å²) in [4.78, 5) is 7.05. The van der Waals surface area contributed by atoms with Gasteiger partial charge in [-0.05, 0) is 50.9 Å². The Hall–Kier alpha value is -1.36. The highest BCUT2D eigenvalue weighted by Crippen LogP contribution is 2.30. The first kappa shape index (κ1) is 15.2. The SMILES string of the molecule is CN(Cc1coc(-c2cccc(Cl)c2)n1)C1CC2CCC(C1)N2. The second-order valence-corrected chi connectivity index (χ2v) is 7.27. The minimum absolute atomic E-state index is 0.639. The zero-order valence-corrected chi connectivity index (χ0v) is 14.1. The molecular formula is C18H22ClN3O. The Kier molecular flexibility index (Phi) is 4.14. The molecule has 2 fully saturated rings. The van der Waals surface area contributed by atoms with Crippen molar-refractivity contribution in [2.45, 2.75) is 50.4 Å². The average Bonchev–Trinajstić information content (AvgIpc) is 3.14. The van der Waals surface area contributed by atoms with Crippen molar-refractivity contribution in [3.63, 3.8) is 0 Å². The maximum Gasteiger partial charge on any atom is 0.226 e. The quantitative estimate of drug-likeness (QED) is 0.927. The molecule has 1 N–H and O–H groups in total. The molecule has 5 heteroatoms. The third-order valence-corrected chi connectivity index (χ3v) is 5.34. The molecular weight excluding hydrogens is 310 g/mol. The molecule has 4 rings (SSSR count). The molecule has 1 aromatic heterocycles. The van der Waals surface area contributed by atoms with Crippen molar-refractivity contribution in [2.24, 2.45) is 0 Å². The lowest BCUT2D eigenvalue weighted by Crippen LogP contribution is -2.46. The van der Waals surface area contributed by atoms with Gasteiger partial charge in [0.1, 0.15) is 6.26 Å². The van der Waals surface area contributed by atoms with Gasteiger partial charge in [0, 0.05) is 35.3 Å². The Morgan fingerprint density at radius 2 is 2.09 bits per heavy atom. The van der Waals surface area contributed by atoms with Gasteiger partial charge in [-0.1, -0.05) is 17.7 Å². The number of aromatic nitrogens is 1. The highest BCUT2D eigenvalue weighted by atomic mass is 35.5. The molecule has 0 spiro atoms. The van der Waals surface area contributed by atoms with Crippen LogP contribution in [0, 0.1) is 0 Å². The molecule has 2 bridgehead atoms. The summed E-state index contributed by atoms with van der Waals surface area (Å²) >= 11 is 6.04. The molecule has 2 atom stereocenters. The molecule has 122 valence electrons. The Bertz CT molecular complexity index is 674. The maximum absolute atomic E-state index is 6.04. The molecule has 0 radical (unpaired) electrons. The van der Waals surface area contributed by atoms with Crippen LogP contribution in [0.5, 0.6) is 0 Å². The van der Waals surface area contributed by atoms with Crippen LogP contribution in [0.1, 0.15) is 31.4 Å². The van der Waals surface area contributed by atoms with Crippen molar-refractivity contribution in [1.29, 1.82) is 0 Å². The van der Waals surface area contributed by atoms with Crippen LogP contribution in [0.4, 0.5) is 0 Å². The fourth-order valence-corrected chi connectivity index (χ4v) is 4.10. The van der Waals surface area contributed by atoms with E-state index in [0.717, 1.165) is 17.8 Å². The molecule has 2 aliphatic rings. The second-order valence-electron chi connectivity index (χ2n) is 6.83. The van der Waals surface area contributed by atoms with Crippen LogP contribution in [0.25, 0.3) is 11.5 Å². The number of benzene rings is 1. The molecule has 2 saturated heterocycles. The molecule has 2 aromatic rings. The molecule has 0 saturated carbocycles. The van der Waals surface area contributed by atoms with Gasteiger partial charge in [-0.2, -0.15) is 0 Å². The van der Waals surface area contributed by atoms with Gasteiger partial charge in [0.25, 0.3) is 0 Å². The second kappa shape index (κ2) is 6.27. The lowest BCUT2D eigenvalue weighted by Gasteiger charge is -2.35. The summed E-state index contributed by atoms with van der Waals surface area (Å²) in [7, 11) is 2.20. The molecule has 3 heterocycles. The fraction of sp³-hybridized carbons (Fsp3) is 0.500. The lowest BCUT2D eigenvalue weighted by atomic mass is 9.98. The van der Waals surface area contributed by atoms with Gasteiger partial charge in [0.15, 0.2) is 0 Å². The average molecular weight is 332 g/mol. The van der Waals surface area contributed by atoms with Crippen LogP contribution in [0.15, 0.2) is 34.9 Å². The Labute approximate surface area is 141 Å². The van der Waals surface area contributed by atoms with E-state index in [1.165, 1.54) is 25.7 Å². The smallest absolute Gasteiger partial charge is 0.226 e. The van der Waals surface area contributed by atoms with E-state index in [1.54, 1.807) is 6.26 Å². The van der Waals surface area contributed by atoms with Crippen molar-refractivity contribution in [3.8, 4) is 11.5 Å². The van der Waals surface area contributed by atoms with E-state index >= 15 is 0 Å². The van der Waals surface area contributed by atoms with E-state index in [2.05, 4.69) is 22.2 Å². The zero-order chi connectivity index (χ0) is 15.8. The predicted octanol–water partition coefficient (Wildman–Crippen LogP) is 3.71.